The highest BCUT2D eigenvalue weighted by Gasteiger charge is 2.12. The van der Waals surface area contributed by atoms with Gasteiger partial charge in [0.15, 0.2) is 0 Å². The van der Waals surface area contributed by atoms with E-state index in [0.29, 0.717) is 11.1 Å². The van der Waals surface area contributed by atoms with Crippen molar-refractivity contribution in [2.24, 2.45) is 0 Å². The fourth-order valence-electron chi connectivity index (χ4n) is 2.63. The Kier molecular flexibility index (Phi) is 5.95. The van der Waals surface area contributed by atoms with E-state index in [0.717, 1.165) is 27.5 Å². The van der Waals surface area contributed by atoms with E-state index in [1.807, 2.05) is 73.7 Å². The zero-order valence-corrected chi connectivity index (χ0v) is 16.1. The molecule has 0 saturated heterocycles. The number of anilines is 1. The zero-order chi connectivity index (χ0) is 19.2. The van der Waals surface area contributed by atoms with Crippen molar-refractivity contribution in [3.63, 3.8) is 0 Å². The minimum absolute atomic E-state index is 0.110. The third-order valence-corrected chi connectivity index (χ3v) is 5.52. The lowest BCUT2D eigenvalue weighted by Crippen LogP contribution is -2.13. The Morgan fingerprint density at radius 3 is 2.44 bits per heavy atom. The quantitative estimate of drug-likeness (QED) is 0.583. The molecule has 0 unspecified atom stereocenters. The second-order valence-electron chi connectivity index (χ2n) is 6.35. The molecule has 0 bridgehead atoms. The number of aryl methyl sites for hydroxylation is 2. The van der Waals surface area contributed by atoms with E-state index in [4.69, 9.17) is 5.26 Å². The number of hydrogen-bond acceptors (Lipinski definition) is 3. The van der Waals surface area contributed by atoms with Crippen LogP contribution in [0.2, 0.25) is 0 Å². The number of rotatable bonds is 5. The van der Waals surface area contributed by atoms with Crippen LogP contribution in [0.5, 0.6) is 0 Å². The van der Waals surface area contributed by atoms with Crippen LogP contribution in [-0.4, -0.2) is 5.91 Å². The summed E-state index contributed by atoms with van der Waals surface area (Å²) in [6.45, 7) is 4.09. The van der Waals surface area contributed by atoms with Crippen molar-refractivity contribution in [2.45, 2.75) is 24.5 Å². The van der Waals surface area contributed by atoms with Gasteiger partial charge in [-0.15, -0.1) is 11.8 Å². The topological polar surface area (TPSA) is 52.9 Å². The van der Waals surface area contributed by atoms with E-state index in [9.17, 15) is 4.79 Å². The van der Waals surface area contributed by atoms with Crippen LogP contribution in [0.4, 0.5) is 5.69 Å². The third-order valence-electron chi connectivity index (χ3n) is 4.37. The summed E-state index contributed by atoms with van der Waals surface area (Å²) in [5.74, 6) is 0.626. The summed E-state index contributed by atoms with van der Waals surface area (Å²) in [5.41, 5.74) is 5.58. The van der Waals surface area contributed by atoms with Crippen molar-refractivity contribution >= 4 is 23.4 Å². The first-order valence-electron chi connectivity index (χ1n) is 8.66. The van der Waals surface area contributed by atoms with Gasteiger partial charge in [0.2, 0.25) is 0 Å². The van der Waals surface area contributed by atoms with Crippen LogP contribution in [0.3, 0.4) is 0 Å². The normalized spacial score (nSPS) is 10.3. The standard InChI is InChI=1S/C23H20N2OS/c1-16-7-12-20(13-17(16)2)25-23(26)21-5-3-4-6-22(21)27-15-19-10-8-18(14-24)9-11-19/h3-13H,15H2,1-2H3,(H,25,26). The molecule has 0 spiro atoms. The first kappa shape index (κ1) is 18.8. The molecular weight excluding hydrogens is 352 g/mol. The van der Waals surface area contributed by atoms with Crippen LogP contribution in [0.25, 0.3) is 0 Å². The lowest BCUT2D eigenvalue weighted by atomic mass is 10.1. The maximum Gasteiger partial charge on any atom is 0.256 e. The van der Waals surface area contributed by atoms with Crippen molar-refractivity contribution in [1.29, 1.82) is 5.26 Å². The molecule has 0 radical (unpaired) electrons. The summed E-state index contributed by atoms with van der Waals surface area (Å²) in [7, 11) is 0. The molecule has 3 aromatic rings. The van der Waals surface area contributed by atoms with Gasteiger partial charge >= 0.3 is 0 Å². The SMILES string of the molecule is Cc1ccc(NC(=O)c2ccccc2SCc2ccc(C#N)cc2)cc1C. The van der Waals surface area contributed by atoms with Gasteiger partial charge in [-0.2, -0.15) is 5.26 Å². The van der Waals surface area contributed by atoms with Gasteiger partial charge in [-0.3, -0.25) is 4.79 Å². The van der Waals surface area contributed by atoms with Crippen LogP contribution in [-0.2, 0) is 5.75 Å². The molecule has 1 amide bonds. The predicted molar refractivity (Wildman–Crippen MR) is 111 cm³/mol. The van der Waals surface area contributed by atoms with Crippen LogP contribution in [0.1, 0.15) is 32.6 Å². The summed E-state index contributed by atoms with van der Waals surface area (Å²) in [6, 6.07) is 23.2. The van der Waals surface area contributed by atoms with E-state index in [-0.39, 0.29) is 5.91 Å². The van der Waals surface area contributed by atoms with Crippen LogP contribution < -0.4 is 5.32 Å². The Hall–Kier alpha value is -3.03. The van der Waals surface area contributed by atoms with E-state index in [1.54, 1.807) is 11.8 Å². The van der Waals surface area contributed by atoms with Crippen LogP contribution in [0.15, 0.2) is 71.6 Å². The van der Waals surface area contributed by atoms with Crippen LogP contribution >= 0.6 is 11.8 Å². The molecule has 0 aliphatic rings. The number of benzene rings is 3. The van der Waals surface area contributed by atoms with E-state index >= 15 is 0 Å². The van der Waals surface area contributed by atoms with Gasteiger partial charge in [0.05, 0.1) is 17.2 Å². The highest BCUT2D eigenvalue weighted by Crippen LogP contribution is 2.27. The minimum Gasteiger partial charge on any atom is -0.322 e. The number of carbonyl (C=O) groups is 1. The summed E-state index contributed by atoms with van der Waals surface area (Å²) in [5, 5.41) is 11.9. The Morgan fingerprint density at radius 1 is 1.00 bits per heavy atom. The van der Waals surface area contributed by atoms with Gasteiger partial charge in [0, 0.05) is 16.3 Å². The Bertz CT molecular complexity index is 1000. The van der Waals surface area contributed by atoms with Gasteiger partial charge in [-0.1, -0.05) is 30.3 Å². The summed E-state index contributed by atoms with van der Waals surface area (Å²) in [6.07, 6.45) is 0. The van der Waals surface area contributed by atoms with Crippen molar-refractivity contribution in [3.05, 3.63) is 94.5 Å². The number of hydrogen-bond donors (Lipinski definition) is 1. The van der Waals surface area contributed by atoms with Gasteiger partial charge in [0.25, 0.3) is 5.91 Å². The van der Waals surface area contributed by atoms with Gasteiger partial charge < -0.3 is 5.32 Å². The number of nitriles is 1. The monoisotopic (exact) mass is 372 g/mol. The molecular formula is C23H20N2OS. The number of nitrogens with one attached hydrogen (secondary N) is 1. The predicted octanol–water partition coefficient (Wildman–Crippen LogP) is 5.72. The van der Waals surface area contributed by atoms with Gasteiger partial charge in [0.1, 0.15) is 0 Å². The molecule has 27 heavy (non-hydrogen) atoms. The number of thioether (sulfide) groups is 1. The first-order valence-corrected chi connectivity index (χ1v) is 9.65. The first-order chi connectivity index (χ1) is 13.1. The molecule has 0 atom stereocenters. The average Bonchev–Trinajstić information content (AvgIpc) is 2.70. The fourth-order valence-corrected chi connectivity index (χ4v) is 3.64. The number of carbonyl (C=O) groups excluding carboxylic acids is 1. The second-order valence-corrected chi connectivity index (χ2v) is 7.36. The maximum absolute atomic E-state index is 12.8. The molecule has 0 aromatic heterocycles. The smallest absolute Gasteiger partial charge is 0.256 e. The molecule has 1 N–H and O–H groups in total. The number of nitrogens with zero attached hydrogens (tertiary/aromatic N) is 1. The maximum atomic E-state index is 12.8. The second kappa shape index (κ2) is 8.57. The molecule has 0 fully saturated rings. The Balaban J connectivity index is 1.73. The summed E-state index contributed by atoms with van der Waals surface area (Å²) < 4.78 is 0. The van der Waals surface area contributed by atoms with Gasteiger partial charge in [-0.25, -0.2) is 0 Å². The molecule has 3 aromatic carbocycles. The van der Waals surface area contributed by atoms with Crippen molar-refractivity contribution in [3.8, 4) is 6.07 Å². The van der Waals surface area contributed by atoms with Crippen molar-refractivity contribution < 1.29 is 4.79 Å². The number of amides is 1. The van der Waals surface area contributed by atoms with E-state index < -0.39 is 0 Å². The third kappa shape index (κ3) is 4.78. The van der Waals surface area contributed by atoms with Gasteiger partial charge in [-0.05, 0) is 66.9 Å². The summed E-state index contributed by atoms with van der Waals surface area (Å²) in [4.78, 5) is 13.7. The molecule has 3 nitrogen and oxygen atoms in total. The lowest BCUT2D eigenvalue weighted by Gasteiger charge is -2.11. The highest BCUT2D eigenvalue weighted by atomic mass is 32.2. The Labute approximate surface area is 164 Å². The molecule has 0 aliphatic carbocycles. The van der Waals surface area contributed by atoms with E-state index in [1.165, 1.54) is 5.56 Å². The molecule has 4 heteroatoms. The molecule has 0 aliphatic heterocycles. The molecule has 134 valence electrons. The van der Waals surface area contributed by atoms with E-state index in [2.05, 4.69) is 18.3 Å². The molecule has 3 rings (SSSR count). The van der Waals surface area contributed by atoms with Crippen molar-refractivity contribution in [2.75, 3.05) is 5.32 Å². The highest BCUT2D eigenvalue weighted by molar-refractivity contribution is 7.98. The zero-order valence-electron chi connectivity index (χ0n) is 15.3. The largest absolute Gasteiger partial charge is 0.322 e. The fraction of sp³-hybridized carbons (Fsp3) is 0.130. The van der Waals surface area contributed by atoms with Crippen molar-refractivity contribution in [1.82, 2.24) is 0 Å². The summed E-state index contributed by atoms with van der Waals surface area (Å²) >= 11 is 1.61. The lowest BCUT2D eigenvalue weighted by molar-refractivity contribution is 0.102. The Morgan fingerprint density at radius 2 is 1.74 bits per heavy atom. The minimum atomic E-state index is -0.110. The van der Waals surface area contributed by atoms with Crippen LogP contribution in [0, 0.1) is 25.2 Å². The molecule has 0 saturated carbocycles. The average molecular weight is 372 g/mol. The molecule has 0 heterocycles.